The summed E-state index contributed by atoms with van der Waals surface area (Å²) in [5.74, 6) is 0.129. The van der Waals surface area contributed by atoms with E-state index in [1.807, 2.05) is 48.2 Å². The lowest BCUT2D eigenvalue weighted by Crippen LogP contribution is -2.49. The Balaban J connectivity index is 1.69. The van der Waals surface area contributed by atoms with E-state index in [4.69, 9.17) is 11.6 Å². The highest BCUT2D eigenvalue weighted by molar-refractivity contribution is 14.1. The summed E-state index contributed by atoms with van der Waals surface area (Å²) in [5.41, 5.74) is 3.07. The van der Waals surface area contributed by atoms with Crippen LogP contribution in [0.25, 0.3) is 0 Å². The van der Waals surface area contributed by atoms with Crippen LogP contribution in [0.1, 0.15) is 15.9 Å². The summed E-state index contributed by atoms with van der Waals surface area (Å²) in [4.78, 5) is 17.0. The molecule has 1 aliphatic rings. The smallest absolute Gasteiger partial charge is 0.255 e. The van der Waals surface area contributed by atoms with Crippen LogP contribution in [0, 0.1) is 10.5 Å². The van der Waals surface area contributed by atoms with Crippen molar-refractivity contribution >= 4 is 45.8 Å². The Morgan fingerprint density at radius 3 is 2.48 bits per heavy atom. The second kappa shape index (κ2) is 7.09. The van der Waals surface area contributed by atoms with E-state index in [1.54, 1.807) is 0 Å². The van der Waals surface area contributed by atoms with Gasteiger partial charge in [0.05, 0.1) is 5.56 Å². The third-order valence-corrected chi connectivity index (χ3v) is 5.83. The molecule has 1 amide bonds. The zero-order valence-electron chi connectivity index (χ0n) is 12.9. The van der Waals surface area contributed by atoms with Crippen LogP contribution in [0.2, 0.25) is 5.02 Å². The van der Waals surface area contributed by atoms with Crippen LogP contribution >= 0.6 is 34.2 Å². The fraction of sp³-hybridized carbons (Fsp3) is 0.278. The first kappa shape index (κ1) is 16.6. The van der Waals surface area contributed by atoms with E-state index in [1.165, 1.54) is 0 Å². The van der Waals surface area contributed by atoms with Gasteiger partial charge in [-0.2, -0.15) is 0 Å². The SMILES string of the molecule is Cc1cccc(C(=O)N2CCN(c3cccc(Cl)c3)CC2)c1I. The third kappa shape index (κ3) is 3.63. The van der Waals surface area contributed by atoms with Gasteiger partial charge in [-0.3, -0.25) is 4.79 Å². The van der Waals surface area contributed by atoms with Crippen molar-refractivity contribution in [1.29, 1.82) is 0 Å². The molecule has 0 saturated carbocycles. The van der Waals surface area contributed by atoms with Crippen molar-refractivity contribution in [2.45, 2.75) is 6.92 Å². The summed E-state index contributed by atoms with van der Waals surface area (Å²) in [6.45, 7) is 5.16. The van der Waals surface area contributed by atoms with Crippen molar-refractivity contribution in [3.05, 3.63) is 62.2 Å². The summed E-state index contributed by atoms with van der Waals surface area (Å²) >= 11 is 8.32. The van der Waals surface area contributed by atoms with Gasteiger partial charge in [0, 0.05) is 40.5 Å². The Morgan fingerprint density at radius 2 is 1.78 bits per heavy atom. The van der Waals surface area contributed by atoms with Crippen molar-refractivity contribution in [3.63, 3.8) is 0 Å². The molecule has 1 heterocycles. The molecule has 0 bridgehead atoms. The second-order valence-corrected chi connectivity index (χ2v) is 7.21. The Labute approximate surface area is 155 Å². The standard InChI is InChI=1S/C18H18ClIN2O/c1-13-4-2-7-16(17(13)20)18(23)22-10-8-21(9-11-22)15-6-3-5-14(19)12-15/h2-7,12H,8-11H2,1H3. The Kier molecular flexibility index (Phi) is 5.11. The third-order valence-electron chi connectivity index (χ3n) is 4.16. The molecule has 0 atom stereocenters. The molecule has 0 spiro atoms. The zero-order chi connectivity index (χ0) is 16.4. The van der Waals surface area contributed by atoms with E-state index < -0.39 is 0 Å². The highest BCUT2D eigenvalue weighted by Crippen LogP contribution is 2.23. The molecule has 2 aromatic rings. The van der Waals surface area contributed by atoms with Crippen LogP contribution in [0.5, 0.6) is 0 Å². The van der Waals surface area contributed by atoms with Gasteiger partial charge in [0.2, 0.25) is 0 Å². The normalized spacial score (nSPS) is 14.9. The fourth-order valence-corrected chi connectivity index (χ4v) is 3.60. The molecular formula is C18H18ClIN2O. The molecule has 1 saturated heterocycles. The predicted molar refractivity (Wildman–Crippen MR) is 103 cm³/mol. The number of carbonyl (C=O) groups excluding carboxylic acids is 1. The Morgan fingerprint density at radius 1 is 1.09 bits per heavy atom. The Hall–Kier alpha value is -1.27. The number of benzene rings is 2. The van der Waals surface area contributed by atoms with E-state index in [0.29, 0.717) is 0 Å². The summed E-state index contributed by atoms with van der Waals surface area (Å²) < 4.78 is 1.05. The summed E-state index contributed by atoms with van der Waals surface area (Å²) in [6.07, 6.45) is 0. The maximum absolute atomic E-state index is 12.8. The first-order chi connectivity index (χ1) is 11.1. The van der Waals surface area contributed by atoms with Crippen molar-refractivity contribution in [2.75, 3.05) is 31.1 Å². The molecular weight excluding hydrogens is 423 g/mol. The van der Waals surface area contributed by atoms with E-state index >= 15 is 0 Å². The monoisotopic (exact) mass is 440 g/mol. The molecule has 0 radical (unpaired) electrons. The minimum absolute atomic E-state index is 0.129. The lowest BCUT2D eigenvalue weighted by atomic mass is 10.1. The first-order valence-corrected chi connectivity index (χ1v) is 9.07. The average molecular weight is 441 g/mol. The second-order valence-electron chi connectivity index (χ2n) is 5.70. The van der Waals surface area contributed by atoms with E-state index in [2.05, 4.69) is 33.6 Å². The molecule has 0 aromatic heterocycles. The van der Waals surface area contributed by atoms with Gasteiger partial charge in [0.15, 0.2) is 0 Å². The molecule has 23 heavy (non-hydrogen) atoms. The molecule has 1 fully saturated rings. The molecule has 0 unspecified atom stereocenters. The summed E-state index contributed by atoms with van der Waals surface area (Å²) in [6, 6.07) is 13.8. The molecule has 3 rings (SSSR count). The van der Waals surface area contributed by atoms with Gasteiger partial charge in [-0.05, 0) is 59.3 Å². The van der Waals surface area contributed by atoms with Gasteiger partial charge in [0.25, 0.3) is 5.91 Å². The van der Waals surface area contributed by atoms with Gasteiger partial charge in [0.1, 0.15) is 0 Å². The number of anilines is 1. The van der Waals surface area contributed by atoms with Crippen LogP contribution in [-0.2, 0) is 0 Å². The quantitative estimate of drug-likeness (QED) is 0.653. The van der Waals surface area contributed by atoms with E-state index in [0.717, 1.165) is 51.6 Å². The summed E-state index contributed by atoms with van der Waals surface area (Å²) in [7, 11) is 0. The van der Waals surface area contributed by atoms with Gasteiger partial charge in [-0.1, -0.05) is 29.8 Å². The fourth-order valence-electron chi connectivity index (χ4n) is 2.82. The van der Waals surface area contributed by atoms with E-state index in [9.17, 15) is 4.79 Å². The topological polar surface area (TPSA) is 23.6 Å². The molecule has 1 aliphatic heterocycles. The molecule has 3 nitrogen and oxygen atoms in total. The van der Waals surface area contributed by atoms with Crippen molar-refractivity contribution in [3.8, 4) is 0 Å². The van der Waals surface area contributed by atoms with Crippen LogP contribution in [0.4, 0.5) is 5.69 Å². The molecule has 2 aromatic carbocycles. The van der Waals surface area contributed by atoms with Gasteiger partial charge >= 0.3 is 0 Å². The minimum atomic E-state index is 0.129. The maximum Gasteiger partial charge on any atom is 0.255 e. The highest BCUT2D eigenvalue weighted by Gasteiger charge is 2.24. The lowest BCUT2D eigenvalue weighted by Gasteiger charge is -2.36. The van der Waals surface area contributed by atoms with Crippen molar-refractivity contribution in [2.24, 2.45) is 0 Å². The number of amides is 1. The van der Waals surface area contributed by atoms with Gasteiger partial charge < -0.3 is 9.80 Å². The average Bonchev–Trinajstić information content (AvgIpc) is 2.57. The highest BCUT2D eigenvalue weighted by atomic mass is 127. The number of piperazine rings is 1. The number of aryl methyl sites for hydroxylation is 1. The number of carbonyl (C=O) groups is 1. The Bertz CT molecular complexity index is 727. The van der Waals surface area contributed by atoms with Crippen LogP contribution in [0.3, 0.4) is 0 Å². The zero-order valence-corrected chi connectivity index (χ0v) is 15.8. The largest absolute Gasteiger partial charge is 0.368 e. The number of rotatable bonds is 2. The molecule has 5 heteroatoms. The van der Waals surface area contributed by atoms with Crippen LogP contribution in [0.15, 0.2) is 42.5 Å². The van der Waals surface area contributed by atoms with E-state index in [-0.39, 0.29) is 5.91 Å². The number of hydrogen-bond acceptors (Lipinski definition) is 2. The number of halogens is 2. The number of nitrogens with zero attached hydrogens (tertiary/aromatic N) is 2. The van der Waals surface area contributed by atoms with Crippen LogP contribution in [-0.4, -0.2) is 37.0 Å². The maximum atomic E-state index is 12.8. The van der Waals surface area contributed by atoms with Gasteiger partial charge in [-0.15, -0.1) is 0 Å². The minimum Gasteiger partial charge on any atom is -0.368 e. The molecule has 0 aliphatic carbocycles. The summed E-state index contributed by atoms with van der Waals surface area (Å²) in [5, 5.41) is 0.746. The van der Waals surface area contributed by atoms with Crippen LogP contribution < -0.4 is 4.90 Å². The van der Waals surface area contributed by atoms with Crippen molar-refractivity contribution in [1.82, 2.24) is 4.90 Å². The number of hydrogen-bond donors (Lipinski definition) is 0. The predicted octanol–water partition coefficient (Wildman–Crippen LogP) is 4.22. The first-order valence-electron chi connectivity index (χ1n) is 7.61. The molecule has 120 valence electrons. The molecule has 0 N–H and O–H groups in total. The lowest BCUT2D eigenvalue weighted by molar-refractivity contribution is 0.0745. The van der Waals surface area contributed by atoms with Crippen molar-refractivity contribution < 1.29 is 4.79 Å². The van der Waals surface area contributed by atoms with Gasteiger partial charge in [-0.25, -0.2) is 0 Å².